The number of alkyl halides is 1. The molecule has 2 aromatic heterocycles. The summed E-state index contributed by atoms with van der Waals surface area (Å²) in [5.74, 6) is 3.64. The molecule has 1 unspecified atom stereocenters. The van der Waals surface area contributed by atoms with E-state index in [9.17, 15) is 24.3 Å². The van der Waals surface area contributed by atoms with E-state index >= 15 is 0 Å². The number of halogens is 1. The number of aliphatic hydroxyl groups excluding tert-OH is 1. The van der Waals surface area contributed by atoms with Gasteiger partial charge in [0.2, 0.25) is 17.7 Å². The number of Topliss-reactive ketones (excluding diaryl/α,β-unsaturated/α-hetero) is 1. The fourth-order valence-electron chi connectivity index (χ4n) is 9.80. The van der Waals surface area contributed by atoms with Gasteiger partial charge in [0.25, 0.3) is 19.4 Å². The molecule has 0 spiro atoms. The Morgan fingerprint density at radius 3 is 1.46 bits per heavy atom. The number of allylic oxidation sites excluding steroid dienone is 4. The van der Waals surface area contributed by atoms with Gasteiger partial charge in [-0.15, -0.1) is 10.6 Å². The van der Waals surface area contributed by atoms with Crippen molar-refractivity contribution in [2.75, 3.05) is 79.1 Å². The van der Waals surface area contributed by atoms with Crippen LogP contribution in [0.4, 0.5) is 67.6 Å². The third-order valence-corrected chi connectivity index (χ3v) is 15.4. The van der Waals surface area contributed by atoms with Crippen LogP contribution in [0.2, 0.25) is 6.82 Å². The number of aliphatic hydroxyl groups is 1. The molecule has 0 radical (unpaired) electrons. The van der Waals surface area contributed by atoms with Gasteiger partial charge in [-0.2, -0.15) is 10.5 Å². The van der Waals surface area contributed by atoms with E-state index < -0.39 is 24.3 Å². The normalized spacial score (nSPS) is 12.3. The van der Waals surface area contributed by atoms with Crippen molar-refractivity contribution in [3.63, 3.8) is 0 Å². The van der Waals surface area contributed by atoms with E-state index in [-0.39, 0.29) is 112 Å². The second kappa shape index (κ2) is 57.9. The van der Waals surface area contributed by atoms with Crippen molar-refractivity contribution in [3.8, 4) is 24.1 Å². The Balaban J connectivity index is 0.00000139. The number of rotatable bonds is 15. The zero-order valence-corrected chi connectivity index (χ0v) is 75.2. The summed E-state index contributed by atoms with van der Waals surface area (Å²) in [6.07, 6.45) is 10.6. The third-order valence-electron chi connectivity index (χ3n) is 15.1. The van der Waals surface area contributed by atoms with Crippen LogP contribution in [0.15, 0.2) is 170 Å². The molecule has 1 atom stereocenters. The number of amides is 2. The molecule has 31 nitrogen and oxygen atoms in total. The largest absolute Gasteiger partial charge is 1.00 e. The molecule has 1 fully saturated rings. The maximum Gasteiger partial charge on any atom is 1.00 e. The molecule has 10 rings (SSSR count). The number of carbonyl (C=O) groups excluding carboxylic acids is 4. The van der Waals surface area contributed by atoms with E-state index in [2.05, 4.69) is 76.6 Å². The van der Waals surface area contributed by atoms with Gasteiger partial charge < -0.3 is 67.6 Å². The van der Waals surface area contributed by atoms with Crippen molar-refractivity contribution in [2.45, 2.75) is 182 Å². The second-order valence-electron chi connectivity index (χ2n) is 29.6. The molecule has 7 aromatic rings. The van der Waals surface area contributed by atoms with Crippen LogP contribution >= 0.6 is 15.9 Å². The van der Waals surface area contributed by atoms with E-state index in [4.69, 9.17) is 94.9 Å². The molecule has 3 aliphatic carbocycles. The average Bonchev–Trinajstić information content (AvgIpc) is 1.50. The van der Waals surface area contributed by atoms with Crippen LogP contribution in [0.1, 0.15) is 158 Å². The maximum atomic E-state index is 12.3. The standard InChI is InChI=1S/C22H24N6O2.C14H14N4.C14H18N2O2.C8H10N2O2.C7H11BN2O.C6H8N2.C6H7NO.C4H9O.C2HBO2.C2H2BrN.K/c1-22(2,3)19-13-20(27-30-19)26-21(29)25-15-9-11-16(12-10-15)28(14-23-4)18-8-6-7-17(18)24-5;1-16-10-18(12-8-6-11(15)7-9-12)14-5-3-4-13(14)17-2;1-14(2,3)18-13(17)10-11-4-6-12(7-5-11)16-9-8-15;1-8(2,3)6-4-7(9-5-11)10-12-6;1-8(11)10-7-4-2-6(9)3-5-7;7-5-1-2-6(8)4-3-5;1-7-5-3-2-4-6(5)8;1-4(2,3)5;4-2-1-3-5;3-1-2-4;/h9-13H,6-8,14H2,1-3H3,(H2,25,26,27,29);6-9H,3-5,10,15H2;4-7,16H,9-10H2,1-3H3;4H,1-3H3;2-5,10-11H,9H2,1H3;1-4H,7-8H2;5H,2-4H2;1-3H3;4H;1H2;/q;;;;;;;-1;;;+1. The third kappa shape index (κ3) is 47.4. The molecule has 2 amide bonds. The van der Waals surface area contributed by atoms with Crippen LogP contribution in [0.25, 0.3) is 24.2 Å². The van der Waals surface area contributed by atoms with E-state index in [1.54, 1.807) is 94.1 Å². The molecule has 0 bridgehead atoms. The van der Waals surface area contributed by atoms with Crippen molar-refractivity contribution in [2.24, 2.45) is 4.99 Å². The van der Waals surface area contributed by atoms with Gasteiger partial charge in [0.15, 0.2) is 17.2 Å². The van der Waals surface area contributed by atoms with Crippen molar-refractivity contribution in [1.82, 2.24) is 10.3 Å². The zero-order chi connectivity index (χ0) is 89.7. The van der Waals surface area contributed by atoms with Gasteiger partial charge >= 0.3 is 99.3 Å². The number of aliphatic imine (C=N–C) groups is 1. The first-order chi connectivity index (χ1) is 56.2. The molecule has 35 heteroatoms. The summed E-state index contributed by atoms with van der Waals surface area (Å²) in [5.41, 5.74) is 31.7. The number of ketones is 1. The molecule has 1 saturated carbocycles. The average molecular weight is 1720 g/mol. The summed E-state index contributed by atoms with van der Waals surface area (Å²) in [7, 11) is -0.210. The minimum Gasteiger partial charge on any atom is -0.399 e. The summed E-state index contributed by atoms with van der Waals surface area (Å²) in [4.78, 5) is 68.8. The SMILES string of the molecule is CB(O)Nc1ccc(N)cc1.CC(C)(C)OC(=O)Cc1ccc(NCC#N)cc1.CC(C)(C)[O-].CC(C)(C)c1cc(N=C=O)no1.N#CCBr.Nc1ccc(N)cc1.O=BC#CO.[C-]#[N+]C1CCCC1=O.[C-]#[N+]CN(C1=C([N+]#[C-])CCC1)c1ccc(N)cc1.[C-]#[N+]CN(C1=C([N+]#[C-])CCC1)c1ccc(NC(=O)Nc2cc(C(C)(C)C)on2)cc1.[K+]. The van der Waals surface area contributed by atoms with Crippen LogP contribution < -0.4 is 110 Å². The van der Waals surface area contributed by atoms with Gasteiger partial charge in [0, 0.05) is 98.4 Å². The quantitative estimate of drug-likeness (QED) is 0.00524. The Morgan fingerprint density at radius 1 is 0.675 bits per heavy atom. The van der Waals surface area contributed by atoms with Gasteiger partial charge in [0.05, 0.1) is 37.0 Å². The number of nitrogen functional groups attached to an aromatic ring is 4. The smallest absolute Gasteiger partial charge is 0.399 e. The number of urea groups is 1. The van der Waals surface area contributed by atoms with Gasteiger partial charge in [0.1, 0.15) is 23.7 Å². The number of ether oxygens (including phenoxy) is 1. The number of aromatic nitrogens is 2. The Morgan fingerprint density at radius 2 is 1.11 bits per heavy atom. The summed E-state index contributed by atoms with van der Waals surface area (Å²) < 4.78 is 24.5. The van der Waals surface area contributed by atoms with Crippen LogP contribution in [0, 0.1) is 67.4 Å². The molecule has 2 heterocycles. The molecule has 3 aliphatic rings. The summed E-state index contributed by atoms with van der Waals surface area (Å²) in [6.45, 7) is 60.1. The minimum atomic E-state index is -0.750. The molecule has 0 saturated heterocycles. The Labute approximate surface area is 756 Å². The molecule has 14 N–H and O–H groups in total. The van der Waals surface area contributed by atoms with Gasteiger partial charge in [-0.05, 0) is 174 Å². The number of esters is 1. The van der Waals surface area contributed by atoms with E-state index in [0.717, 1.165) is 120 Å². The topological polar surface area (TPSA) is 451 Å². The number of carbonyl (C=O) groups is 3. The first kappa shape index (κ1) is 108. The number of anilines is 10. The number of isocyanates is 1. The predicted molar refractivity (Wildman–Crippen MR) is 469 cm³/mol. The molecule has 5 aromatic carbocycles. The molecular weight excluding hydrogens is 1620 g/mol. The van der Waals surface area contributed by atoms with Crippen LogP contribution in [0.5, 0.6) is 0 Å². The number of hydrogen-bond acceptors (Lipinski definition) is 24. The van der Waals surface area contributed by atoms with Gasteiger partial charge in [-0.1, -0.05) is 114 Å². The first-order valence-electron chi connectivity index (χ1n) is 37.1. The summed E-state index contributed by atoms with van der Waals surface area (Å²) >= 11 is 2.89. The van der Waals surface area contributed by atoms with Crippen LogP contribution in [0.3, 0.4) is 0 Å². The van der Waals surface area contributed by atoms with Crippen molar-refractivity contribution in [1.29, 1.82) is 10.5 Å². The first-order valence-corrected chi connectivity index (χ1v) is 38.2. The number of benzene rings is 5. The van der Waals surface area contributed by atoms with Gasteiger partial charge in [-0.3, -0.25) is 34.4 Å². The summed E-state index contributed by atoms with van der Waals surface area (Å²) in [6, 6.07) is 42.8. The fraction of sp³-hybridized carbons (Fsp3) is 0.376. The van der Waals surface area contributed by atoms with Crippen molar-refractivity contribution < 1.29 is 104 Å². The van der Waals surface area contributed by atoms with E-state index in [1.807, 2.05) is 157 Å². The maximum absolute atomic E-state index is 12.3. The van der Waals surface area contributed by atoms with Crippen molar-refractivity contribution in [3.05, 3.63) is 230 Å². The predicted octanol–water partition coefficient (Wildman–Crippen LogP) is 13.4. The number of nitrogens with zero attached hydrogens (tertiary/aromatic N) is 12. The number of hydrogen-bond donors (Lipinski definition) is 10. The Hall–Kier alpha value is -12.1. The number of nitrogens with one attached hydrogen (secondary N) is 4. The Bertz CT molecular complexity index is 4790. The van der Waals surface area contributed by atoms with E-state index in [0.29, 0.717) is 47.6 Å². The fourth-order valence-corrected chi connectivity index (χ4v) is 9.80. The van der Waals surface area contributed by atoms with Crippen molar-refractivity contribution >= 4 is 117 Å². The van der Waals surface area contributed by atoms with Crippen LogP contribution in [-0.4, -0.2) is 101 Å². The Kier molecular flexibility index (Phi) is 52.1. The minimum absolute atomic E-state index is 0. The monoisotopic (exact) mass is 1720 g/mol. The van der Waals surface area contributed by atoms with Gasteiger partial charge in [-0.25, -0.2) is 39.0 Å². The molecule has 120 heavy (non-hydrogen) atoms. The second-order valence-corrected chi connectivity index (χ2v) is 30.1. The zero-order valence-electron chi connectivity index (χ0n) is 70.5. The van der Waals surface area contributed by atoms with E-state index in [1.165, 1.54) is 12.2 Å². The summed E-state index contributed by atoms with van der Waals surface area (Å²) in [5, 5.41) is 61.6. The molecule has 624 valence electrons. The van der Waals surface area contributed by atoms with Crippen LogP contribution in [-0.2, 0) is 41.1 Å². The molecular formula is C85H104B2BrKN20O11. The number of nitrogens with two attached hydrogens (primary N) is 4. The number of nitriles is 2. The molecule has 0 aliphatic heterocycles.